The molecule has 10 heteroatoms. The summed E-state index contributed by atoms with van der Waals surface area (Å²) in [6, 6.07) is 12.2. The predicted molar refractivity (Wildman–Crippen MR) is 173 cm³/mol. The monoisotopic (exact) mass is 620 g/mol. The summed E-state index contributed by atoms with van der Waals surface area (Å²) < 4.78 is 11.5. The second kappa shape index (κ2) is 9.99. The van der Waals surface area contributed by atoms with E-state index in [0.29, 0.717) is 11.8 Å². The summed E-state index contributed by atoms with van der Waals surface area (Å²) in [7, 11) is 0. The van der Waals surface area contributed by atoms with Crippen molar-refractivity contribution < 1.29 is 19.1 Å². The molecule has 10 nitrogen and oxygen atoms in total. The first-order valence-electron chi connectivity index (χ1n) is 16.3. The molecule has 238 valence electrons. The maximum absolute atomic E-state index is 13.0. The van der Waals surface area contributed by atoms with Crippen LogP contribution in [0.2, 0.25) is 0 Å². The summed E-state index contributed by atoms with van der Waals surface area (Å²) in [5, 5.41) is 0. The lowest BCUT2D eigenvalue weighted by molar-refractivity contribution is 0.0164. The Balaban J connectivity index is 1.00. The Morgan fingerprint density at radius 1 is 0.696 bits per heavy atom. The van der Waals surface area contributed by atoms with Gasteiger partial charge in [-0.05, 0) is 115 Å². The van der Waals surface area contributed by atoms with Gasteiger partial charge in [0.25, 0.3) is 0 Å². The third kappa shape index (κ3) is 5.36. The molecule has 4 fully saturated rings. The number of carbonyl (C=O) groups is 2. The van der Waals surface area contributed by atoms with Crippen LogP contribution in [0.4, 0.5) is 9.59 Å². The van der Waals surface area contributed by atoms with Gasteiger partial charge in [-0.15, -0.1) is 0 Å². The largest absolute Gasteiger partial charge is 0.444 e. The number of imidazole rings is 2. The number of ether oxygens (including phenoxy) is 2. The number of rotatable bonds is 2. The van der Waals surface area contributed by atoms with Gasteiger partial charge in [-0.2, -0.15) is 0 Å². The molecule has 4 heterocycles. The van der Waals surface area contributed by atoms with Gasteiger partial charge in [0.15, 0.2) is 0 Å². The highest BCUT2D eigenvalue weighted by Crippen LogP contribution is 2.54. The van der Waals surface area contributed by atoms with Crippen LogP contribution in [0, 0.1) is 23.7 Å². The number of fused-ring (bicyclic) bond motifs is 4. The van der Waals surface area contributed by atoms with Crippen LogP contribution in [-0.2, 0) is 9.47 Å². The molecule has 2 aromatic carbocycles. The van der Waals surface area contributed by atoms with Crippen LogP contribution >= 0.6 is 0 Å². The number of aromatic nitrogens is 4. The van der Waals surface area contributed by atoms with Crippen molar-refractivity contribution in [1.82, 2.24) is 29.7 Å². The highest BCUT2D eigenvalue weighted by atomic mass is 16.6. The maximum atomic E-state index is 13.0. The second-order valence-corrected chi connectivity index (χ2v) is 15.4. The molecule has 4 aromatic rings. The summed E-state index contributed by atoms with van der Waals surface area (Å²) in [5.74, 6) is 9.21. The fourth-order valence-corrected chi connectivity index (χ4v) is 7.23. The lowest BCUT2D eigenvalue weighted by Crippen LogP contribution is -2.38. The normalized spacial score (nSPS) is 26.5. The smallest absolute Gasteiger partial charge is 0.411 e. The lowest BCUT2D eigenvalue weighted by Gasteiger charge is -2.29. The molecule has 2 amide bonds. The van der Waals surface area contributed by atoms with Crippen molar-refractivity contribution in [2.75, 3.05) is 0 Å². The van der Waals surface area contributed by atoms with Gasteiger partial charge in [0.05, 0.1) is 34.2 Å². The molecule has 46 heavy (non-hydrogen) atoms. The van der Waals surface area contributed by atoms with Crippen LogP contribution in [-0.4, -0.2) is 65.2 Å². The Labute approximate surface area is 268 Å². The molecule has 2 aliphatic carbocycles. The number of nitrogens with zero attached hydrogens (tertiary/aromatic N) is 4. The van der Waals surface area contributed by atoms with Crippen LogP contribution < -0.4 is 0 Å². The standard InChI is InChI=1S/C36H40N6O4/c1-35(2,3)45-33(43)41-27-15-21(27)17-29(41)31-37-23-11-9-19(13-25(23)39-31)7-8-20-10-12-24-26(14-20)40-32(38-24)30-18-22-16-28(22)42(30)34(44)46-36(4,5)6/h9-14,21-22,27-30H,15-18H2,1-6H3,(H,37,39)(H,38,40)/t21-,22-,27-,28-,29+,30+/m1/s1. The highest BCUT2D eigenvalue weighted by Gasteiger charge is 2.57. The molecule has 2 N–H and O–H groups in total. The number of nitrogens with one attached hydrogen (secondary N) is 2. The molecule has 2 saturated heterocycles. The Morgan fingerprint density at radius 3 is 1.50 bits per heavy atom. The van der Waals surface area contributed by atoms with Crippen LogP contribution in [0.3, 0.4) is 0 Å². The zero-order chi connectivity index (χ0) is 32.1. The van der Waals surface area contributed by atoms with E-state index in [1.54, 1.807) is 0 Å². The average Bonchev–Trinajstić information content (AvgIpc) is 3.63. The summed E-state index contributed by atoms with van der Waals surface area (Å²) in [4.78, 5) is 46.5. The van der Waals surface area contributed by atoms with Crippen LogP contribution in [0.25, 0.3) is 22.1 Å². The van der Waals surface area contributed by atoms with E-state index in [2.05, 4.69) is 21.8 Å². The zero-order valence-electron chi connectivity index (χ0n) is 27.2. The molecule has 0 radical (unpaired) electrons. The Morgan fingerprint density at radius 2 is 1.11 bits per heavy atom. The van der Waals surface area contributed by atoms with Crippen molar-refractivity contribution in [3.05, 3.63) is 59.2 Å². The van der Waals surface area contributed by atoms with Crippen molar-refractivity contribution in [2.24, 2.45) is 11.8 Å². The minimum Gasteiger partial charge on any atom is -0.444 e. The minimum atomic E-state index is -0.542. The number of aromatic amines is 2. The number of carbonyl (C=O) groups excluding carboxylic acids is 2. The number of benzene rings is 2. The van der Waals surface area contributed by atoms with Crippen molar-refractivity contribution in [3.8, 4) is 11.8 Å². The van der Waals surface area contributed by atoms with Crippen LogP contribution in [0.1, 0.15) is 102 Å². The molecule has 2 saturated carbocycles. The molecule has 0 unspecified atom stereocenters. The van der Waals surface area contributed by atoms with Gasteiger partial charge in [0.2, 0.25) is 0 Å². The summed E-state index contributed by atoms with van der Waals surface area (Å²) in [6.07, 6.45) is 3.33. The van der Waals surface area contributed by atoms with Gasteiger partial charge in [-0.25, -0.2) is 19.6 Å². The van der Waals surface area contributed by atoms with Crippen LogP contribution in [0.5, 0.6) is 0 Å². The maximum Gasteiger partial charge on any atom is 0.411 e. The quantitative estimate of drug-likeness (QED) is 0.234. The fraction of sp³-hybridized carbons (Fsp3) is 0.500. The van der Waals surface area contributed by atoms with Gasteiger partial charge in [0.1, 0.15) is 22.9 Å². The molecular weight excluding hydrogens is 580 g/mol. The number of hydrogen-bond acceptors (Lipinski definition) is 6. The predicted octanol–water partition coefficient (Wildman–Crippen LogP) is 6.98. The van der Waals surface area contributed by atoms with Gasteiger partial charge in [-0.3, -0.25) is 9.80 Å². The molecule has 8 rings (SSSR count). The topological polar surface area (TPSA) is 116 Å². The zero-order valence-corrected chi connectivity index (χ0v) is 27.2. The van der Waals surface area contributed by atoms with Crippen molar-refractivity contribution in [3.63, 3.8) is 0 Å². The van der Waals surface area contributed by atoms with E-state index in [9.17, 15) is 9.59 Å². The number of piperidine rings is 2. The number of amides is 2. The highest BCUT2D eigenvalue weighted by molar-refractivity contribution is 5.79. The van der Waals surface area contributed by atoms with Crippen molar-refractivity contribution >= 4 is 34.3 Å². The molecule has 2 aromatic heterocycles. The van der Waals surface area contributed by atoms with E-state index in [0.717, 1.165) is 70.5 Å². The molecule has 4 aliphatic rings. The van der Waals surface area contributed by atoms with Gasteiger partial charge >= 0.3 is 12.2 Å². The number of hydrogen-bond donors (Lipinski definition) is 2. The minimum absolute atomic E-state index is 0.113. The lowest BCUT2D eigenvalue weighted by atomic mass is 10.1. The van der Waals surface area contributed by atoms with E-state index in [4.69, 9.17) is 19.4 Å². The van der Waals surface area contributed by atoms with Crippen molar-refractivity contribution in [1.29, 1.82) is 0 Å². The molecular formula is C36H40N6O4. The van der Waals surface area contributed by atoms with Gasteiger partial charge in [-0.1, -0.05) is 11.8 Å². The van der Waals surface area contributed by atoms with E-state index in [1.807, 2.05) is 87.7 Å². The molecule has 0 bridgehead atoms. The average molecular weight is 621 g/mol. The van der Waals surface area contributed by atoms with Gasteiger partial charge in [0, 0.05) is 23.2 Å². The number of likely N-dealkylation sites (tertiary alicyclic amines) is 2. The number of H-pyrrole nitrogens is 2. The summed E-state index contributed by atoms with van der Waals surface area (Å²) >= 11 is 0. The van der Waals surface area contributed by atoms with Crippen LogP contribution in [0.15, 0.2) is 36.4 Å². The van der Waals surface area contributed by atoms with Gasteiger partial charge < -0.3 is 19.4 Å². The van der Waals surface area contributed by atoms with Crippen molar-refractivity contribution in [2.45, 2.75) is 103 Å². The summed E-state index contributed by atoms with van der Waals surface area (Å²) in [6.45, 7) is 11.4. The summed E-state index contributed by atoms with van der Waals surface area (Å²) in [5.41, 5.74) is 4.13. The Bertz CT molecular complexity index is 1810. The van der Waals surface area contributed by atoms with E-state index in [-0.39, 0.29) is 36.4 Å². The molecule has 2 aliphatic heterocycles. The molecule has 6 atom stereocenters. The van der Waals surface area contributed by atoms with E-state index < -0.39 is 11.2 Å². The first-order chi connectivity index (χ1) is 21.8. The third-order valence-corrected chi connectivity index (χ3v) is 9.40. The third-order valence-electron chi connectivity index (χ3n) is 9.40. The SMILES string of the molecule is CC(C)(C)OC(=O)N1[C@@H]2C[C@@H]2C[C@H]1c1nc2ccc(C#Cc3ccc4nc([C@@H]5C[C@H]6C[C@H]6N5C(=O)OC(C)(C)C)[nH]c4c3)cc2[nH]1. The first-order valence-corrected chi connectivity index (χ1v) is 16.3. The second-order valence-electron chi connectivity index (χ2n) is 15.4. The fourth-order valence-electron chi connectivity index (χ4n) is 7.23. The first kappa shape index (κ1) is 28.9. The Kier molecular flexibility index (Phi) is 6.28. The molecule has 0 spiro atoms. The van der Waals surface area contributed by atoms with E-state index in [1.165, 1.54) is 0 Å². The van der Waals surface area contributed by atoms with E-state index >= 15 is 0 Å². The Hall–Kier alpha value is -4.52.